The van der Waals surface area contributed by atoms with Gasteiger partial charge >= 0.3 is 0 Å². The van der Waals surface area contributed by atoms with E-state index in [1.165, 1.54) is 0 Å². The lowest BCUT2D eigenvalue weighted by molar-refractivity contribution is 0.398. The van der Waals surface area contributed by atoms with Crippen LogP contribution in [-0.2, 0) is 12.8 Å². The van der Waals surface area contributed by atoms with Crippen LogP contribution in [0.3, 0.4) is 0 Å². The second-order valence-electron chi connectivity index (χ2n) is 6.85. The highest BCUT2D eigenvalue weighted by molar-refractivity contribution is 6.29. The molecule has 160 valence electrons. The zero-order valence-electron chi connectivity index (χ0n) is 17.6. The number of rotatable bonds is 9. The Morgan fingerprint density at radius 2 is 1.93 bits per heavy atom. The summed E-state index contributed by atoms with van der Waals surface area (Å²) in [5.74, 6) is 2.38. The molecule has 0 bridgehead atoms. The van der Waals surface area contributed by atoms with Gasteiger partial charge in [0.1, 0.15) is 16.7 Å². The second-order valence-corrected chi connectivity index (χ2v) is 7.24. The predicted octanol–water partition coefficient (Wildman–Crippen LogP) is 3.57. The monoisotopic (exact) mass is 429 g/mol. The SMILES string of the molecule is CN=C(NCCCc1cc2c(OC)cc(OC)cc2[nH]1)NCCc1ccc(Cl)nc1. The molecule has 0 unspecified atom stereocenters. The van der Waals surface area contributed by atoms with Gasteiger partial charge in [-0.15, -0.1) is 0 Å². The van der Waals surface area contributed by atoms with Gasteiger partial charge in [0.2, 0.25) is 0 Å². The standard InChI is InChI=1S/C22H28ClN5O2/c1-24-22(26-10-8-15-6-7-21(23)27-14-15)25-9-4-5-16-11-18-19(28-16)12-17(29-2)13-20(18)30-3/h6-7,11-14,28H,4-5,8-10H2,1-3H3,(H2,24,25,26). The number of benzene rings is 1. The third kappa shape index (κ3) is 5.79. The molecule has 0 radical (unpaired) electrons. The van der Waals surface area contributed by atoms with Crippen LogP contribution in [0, 0.1) is 0 Å². The van der Waals surface area contributed by atoms with E-state index in [0.717, 1.165) is 72.0 Å². The minimum atomic E-state index is 0.511. The van der Waals surface area contributed by atoms with Gasteiger partial charge in [0.05, 0.1) is 19.7 Å². The van der Waals surface area contributed by atoms with Crippen molar-refractivity contribution in [2.75, 3.05) is 34.4 Å². The molecule has 3 rings (SSSR count). The molecular weight excluding hydrogens is 402 g/mol. The first-order valence-electron chi connectivity index (χ1n) is 9.91. The van der Waals surface area contributed by atoms with Crippen LogP contribution < -0.4 is 20.1 Å². The molecule has 0 aliphatic heterocycles. The van der Waals surface area contributed by atoms with Gasteiger partial charge < -0.3 is 25.1 Å². The van der Waals surface area contributed by atoms with E-state index < -0.39 is 0 Å². The fourth-order valence-corrected chi connectivity index (χ4v) is 3.36. The van der Waals surface area contributed by atoms with Crippen LogP contribution in [0.1, 0.15) is 17.7 Å². The summed E-state index contributed by atoms with van der Waals surface area (Å²) in [7, 11) is 5.10. The maximum atomic E-state index is 5.82. The number of fused-ring (bicyclic) bond motifs is 1. The molecule has 0 spiro atoms. The van der Waals surface area contributed by atoms with Gasteiger partial charge in [-0.25, -0.2) is 4.98 Å². The van der Waals surface area contributed by atoms with Crippen molar-refractivity contribution in [2.45, 2.75) is 19.3 Å². The molecule has 8 heteroatoms. The maximum Gasteiger partial charge on any atom is 0.190 e. The van der Waals surface area contributed by atoms with Crippen LogP contribution in [0.2, 0.25) is 5.15 Å². The smallest absolute Gasteiger partial charge is 0.190 e. The zero-order chi connectivity index (χ0) is 21.3. The van der Waals surface area contributed by atoms with Gasteiger partial charge in [-0.2, -0.15) is 0 Å². The number of aliphatic imine (C=N–C) groups is 1. The Kier molecular flexibility index (Phi) is 7.79. The lowest BCUT2D eigenvalue weighted by atomic mass is 10.2. The molecule has 0 atom stereocenters. The van der Waals surface area contributed by atoms with Gasteiger partial charge in [0.15, 0.2) is 5.96 Å². The van der Waals surface area contributed by atoms with Gasteiger partial charge in [0, 0.05) is 49.5 Å². The number of nitrogens with one attached hydrogen (secondary N) is 3. The lowest BCUT2D eigenvalue weighted by Gasteiger charge is -2.11. The van der Waals surface area contributed by atoms with Crippen molar-refractivity contribution >= 4 is 28.5 Å². The number of guanidine groups is 1. The Balaban J connectivity index is 1.44. The average Bonchev–Trinajstić information content (AvgIpc) is 3.18. The molecule has 3 N–H and O–H groups in total. The summed E-state index contributed by atoms with van der Waals surface area (Å²) in [6, 6.07) is 9.82. The van der Waals surface area contributed by atoms with Crippen LogP contribution in [0.4, 0.5) is 0 Å². The number of halogens is 1. The highest BCUT2D eigenvalue weighted by Gasteiger charge is 2.09. The third-order valence-corrected chi connectivity index (χ3v) is 5.04. The van der Waals surface area contributed by atoms with Crippen LogP contribution in [0.5, 0.6) is 11.5 Å². The summed E-state index contributed by atoms with van der Waals surface area (Å²) >= 11 is 5.82. The summed E-state index contributed by atoms with van der Waals surface area (Å²) < 4.78 is 10.8. The second kappa shape index (κ2) is 10.7. The first-order valence-corrected chi connectivity index (χ1v) is 10.3. The summed E-state index contributed by atoms with van der Waals surface area (Å²) in [4.78, 5) is 11.8. The fraction of sp³-hybridized carbons (Fsp3) is 0.364. The van der Waals surface area contributed by atoms with Crippen molar-refractivity contribution in [3.05, 3.63) is 52.9 Å². The number of aromatic nitrogens is 2. The van der Waals surface area contributed by atoms with Crippen molar-refractivity contribution in [1.82, 2.24) is 20.6 Å². The lowest BCUT2D eigenvalue weighted by Crippen LogP contribution is -2.38. The van der Waals surface area contributed by atoms with E-state index in [1.54, 1.807) is 33.5 Å². The predicted molar refractivity (Wildman–Crippen MR) is 122 cm³/mol. The number of hydrogen-bond donors (Lipinski definition) is 3. The molecule has 0 saturated heterocycles. The normalized spacial score (nSPS) is 11.5. The Labute approximate surface area is 181 Å². The van der Waals surface area contributed by atoms with E-state index in [-0.39, 0.29) is 0 Å². The van der Waals surface area contributed by atoms with Crippen molar-refractivity contribution in [2.24, 2.45) is 4.99 Å². The molecule has 2 heterocycles. The summed E-state index contributed by atoms with van der Waals surface area (Å²) in [6.45, 7) is 1.59. The van der Waals surface area contributed by atoms with Crippen molar-refractivity contribution < 1.29 is 9.47 Å². The number of H-pyrrole nitrogens is 1. The van der Waals surface area contributed by atoms with E-state index in [1.807, 2.05) is 18.2 Å². The Hall–Kier alpha value is -2.93. The van der Waals surface area contributed by atoms with Crippen molar-refractivity contribution in [3.63, 3.8) is 0 Å². The Morgan fingerprint density at radius 1 is 1.10 bits per heavy atom. The van der Waals surface area contributed by atoms with Gasteiger partial charge in [-0.3, -0.25) is 4.99 Å². The minimum Gasteiger partial charge on any atom is -0.497 e. The summed E-state index contributed by atoms with van der Waals surface area (Å²) in [5.41, 5.74) is 3.31. The van der Waals surface area contributed by atoms with Gasteiger partial charge in [0.25, 0.3) is 0 Å². The number of nitrogens with zero attached hydrogens (tertiary/aromatic N) is 2. The van der Waals surface area contributed by atoms with Crippen molar-refractivity contribution in [3.8, 4) is 11.5 Å². The van der Waals surface area contributed by atoms with Gasteiger partial charge in [-0.05, 0) is 37.0 Å². The number of hydrogen-bond acceptors (Lipinski definition) is 4. The van der Waals surface area contributed by atoms with Crippen LogP contribution in [0.25, 0.3) is 10.9 Å². The topological polar surface area (TPSA) is 83.6 Å². The molecule has 7 nitrogen and oxygen atoms in total. The third-order valence-electron chi connectivity index (χ3n) is 4.82. The first-order chi connectivity index (χ1) is 14.6. The molecule has 2 aromatic heterocycles. The van der Waals surface area contributed by atoms with Crippen LogP contribution in [-0.4, -0.2) is 50.3 Å². The maximum absolute atomic E-state index is 5.82. The zero-order valence-corrected chi connectivity index (χ0v) is 18.3. The van der Waals surface area contributed by atoms with E-state index >= 15 is 0 Å². The molecule has 0 fully saturated rings. The van der Waals surface area contributed by atoms with Crippen LogP contribution >= 0.6 is 11.6 Å². The van der Waals surface area contributed by atoms with E-state index in [2.05, 4.69) is 31.7 Å². The molecule has 0 aliphatic carbocycles. The fourth-order valence-electron chi connectivity index (χ4n) is 3.24. The first kappa shape index (κ1) is 21.8. The Morgan fingerprint density at radius 3 is 2.63 bits per heavy atom. The van der Waals surface area contributed by atoms with Crippen molar-refractivity contribution in [1.29, 1.82) is 0 Å². The van der Waals surface area contributed by atoms with E-state index in [4.69, 9.17) is 21.1 Å². The van der Waals surface area contributed by atoms with Crippen LogP contribution in [0.15, 0.2) is 41.5 Å². The molecule has 0 amide bonds. The average molecular weight is 430 g/mol. The largest absolute Gasteiger partial charge is 0.497 e. The quantitative estimate of drug-likeness (QED) is 0.209. The number of ether oxygens (including phenoxy) is 2. The molecule has 0 aliphatic rings. The summed E-state index contributed by atoms with van der Waals surface area (Å²) in [6.07, 6.45) is 4.53. The Bertz CT molecular complexity index is 985. The number of pyridine rings is 1. The number of aromatic amines is 1. The molecule has 0 saturated carbocycles. The summed E-state index contributed by atoms with van der Waals surface area (Å²) in [5, 5.41) is 8.25. The number of methoxy groups -OCH3 is 2. The van der Waals surface area contributed by atoms with Gasteiger partial charge in [-0.1, -0.05) is 17.7 Å². The molecule has 1 aromatic carbocycles. The molecule has 30 heavy (non-hydrogen) atoms. The minimum absolute atomic E-state index is 0.511. The highest BCUT2D eigenvalue weighted by Crippen LogP contribution is 2.31. The molecular formula is C22H28ClN5O2. The number of aryl methyl sites for hydroxylation is 1. The van der Waals surface area contributed by atoms with E-state index in [0.29, 0.717) is 5.15 Å². The molecule has 3 aromatic rings. The van der Waals surface area contributed by atoms with E-state index in [9.17, 15) is 0 Å². The highest BCUT2D eigenvalue weighted by atomic mass is 35.5.